The number of sulfonamides is 1. The zero-order valence-corrected chi connectivity index (χ0v) is 19.8. The summed E-state index contributed by atoms with van der Waals surface area (Å²) in [4.78, 5) is 24.3. The third-order valence-corrected chi connectivity index (χ3v) is 7.80. The van der Waals surface area contributed by atoms with Gasteiger partial charge in [0.25, 0.3) is 5.91 Å². The molecule has 1 N–H and O–H groups in total. The first-order valence-electron chi connectivity index (χ1n) is 10.9. The average molecular weight is 483 g/mol. The molecule has 1 saturated heterocycles. The van der Waals surface area contributed by atoms with Crippen molar-refractivity contribution in [2.45, 2.75) is 30.7 Å². The molecule has 1 amide bonds. The van der Waals surface area contributed by atoms with E-state index in [9.17, 15) is 18.0 Å². The smallest absolute Gasteiger partial charge is 0.287 e. The summed E-state index contributed by atoms with van der Waals surface area (Å²) >= 11 is 0. The molecular weight excluding hydrogens is 456 g/mol. The molecular formula is C25H26N2O6S. The number of carbonyl (C=O) groups is 2. The molecule has 2 heterocycles. The number of Topliss-reactive ketones (excluding diaryl/α,β-unsaturated/α-hetero) is 1. The second-order valence-corrected chi connectivity index (χ2v) is 10.1. The van der Waals surface area contributed by atoms with Crippen molar-refractivity contribution in [1.82, 2.24) is 9.62 Å². The van der Waals surface area contributed by atoms with Gasteiger partial charge in [-0.2, -0.15) is 4.31 Å². The van der Waals surface area contributed by atoms with Crippen LogP contribution in [0.15, 0.2) is 70.0 Å². The molecule has 178 valence electrons. The summed E-state index contributed by atoms with van der Waals surface area (Å²) in [5.74, 6) is 0.936. The summed E-state index contributed by atoms with van der Waals surface area (Å²) in [5.41, 5.74) is 1.37. The number of carbonyl (C=O) groups excluding carboxylic acids is 2. The number of amides is 1. The Morgan fingerprint density at radius 1 is 0.971 bits per heavy atom. The largest absolute Gasteiger partial charge is 0.497 e. The second-order valence-electron chi connectivity index (χ2n) is 8.12. The fourth-order valence-corrected chi connectivity index (χ4v) is 5.35. The van der Waals surface area contributed by atoms with E-state index in [-0.39, 0.29) is 28.4 Å². The van der Waals surface area contributed by atoms with Gasteiger partial charge >= 0.3 is 0 Å². The molecule has 0 bridgehead atoms. The molecule has 0 radical (unpaired) electrons. The lowest BCUT2D eigenvalue weighted by Crippen LogP contribution is -2.46. The molecule has 34 heavy (non-hydrogen) atoms. The van der Waals surface area contributed by atoms with E-state index in [0.29, 0.717) is 43.0 Å². The summed E-state index contributed by atoms with van der Waals surface area (Å²) < 4.78 is 38.0. The molecule has 0 saturated carbocycles. The number of ketones is 1. The van der Waals surface area contributed by atoms with Crippen LogP contribution in [0.4, 0.5) is 0 Å². The minimum atomic E-state index is -3.60. The molecule has 2 aromatic carbocycles. The number of ether oxygens (including phenoxy) is 1. The summed E-state index contributed by atoms with van der Waals surface area (Å²) in [5, 5.41) is 2.94. The van der Waals surface area contributed by atoms with Crippen LogP contribution in [0.3, 0.4) is 0 Å². The maximum absolute atomic E-state index is 12.9. The molecule has 1 aliphatic heterocycles. The van der Waals surface area contributed by atoms with Crippen molar-refractivity contribution in [3.05, 3.63) is 72.0 Å². The van der Waals surface area contributed by atoms with Gasteiger partial charge in [-0.25, -0.2) is 8.42 Å². The first-order valence-corrected chi connectivity index (χ1v) is 12.4. The fraction of sp³-hybridized carbons (Fsp3) is 0.280. The number of nitrogens with one attached hydrogen (secondary N) is 1. The summed E-state index contributed by atoms with van der Waals surface area (Å²) in [7, 11) is -2.07. The molecule has 8 nitrogen and oxygen atoms in total. The Morgan fingerprint density at radius 3 is 2.21 bits per heavy atom. The van der Waals surface area contributed by atoms with Crippen molar-refractivity contribution < 1.29 is 27.2 Å². The Bertz CT molecular complexity index is 1270. The summed E-state index contributed by atoms with van der Waals surface area (Å²) in [6, 6.07) is 16.4. The Labute approximate surface area is 198 Å². The number of furan rings is 1. The first-order chi connectivity index (χ1) is 16.3. The van der Waals surface area contributed by atoms with E-state index >= 15 is 0 Å². The van der Waals surface area contributed by atoms with Gasteiger partial charge in [0, 0.05) is 30.3 Å². The predicted molar refractivity (Wildman–Crippen MR) is 126 cm³/mol. The molecule has 4 rings (SSSR count). The van der Waals surface area contributed by atoms with Gasteiger partial charge < -0.3 is 14.5 Å². The number of hydrogen-bond acceptors (Lipinski definition) is 6. The van der Waals surface area contributed by atoms with Crippen molar-refractivity contribution in [3.63, 3.8) is 0 Å². The lowest BCUT2D eigenvalue weighted by molar-refractivity contribution is 0.0896. The van der Waals surface area contributed by atoms with Gasteiger partial charge in [-0.05, 0) is 56.2 Å². The Hall–Kier alpha value is -3.43. The van der Waals surface area contributed by atoms with Crippen LogP contribution in [0.2, 0.25) is 0 Å². The van der Waals surface area contributed by atoms with Gasteiger partial charge in [-0.1, -0.05) is 24.3 Å². The number of benzene rings is 2. The molecule has 1 aromatic heterocycles. The number of nitrogens with zero attached hydrogens (tertiary/aromatic N) is 1. The zero-order chi connectivity index (χ0) is 24.3. The Kier molecular flexibility index (Phi) is 6.85. The molecule has 0 atom stereocenters. The van der Waals surface area contributed by atoms with E-state index in [1.54, 1.807) is 48.5 Å². The fourth-order valence-electron chi connectivity index (χ4n) is 3.88. The number of methoxy groups -OCH3 is 1. The van der Waals surface area contributed by atoms with Gasteiger partial charge in [0.1, 0.15) is 11.5 Å². The maximum atomic E-state index is 12.9. The van der Waals surface area contributed by atoms with Crippen LogP contribution in [0.5, 0.6) is 5.75 Å². The molecule has 0 spiro atoms. The third kappa shape index (κ3) is 5.05. The molecule has 0 aliphatic carbocycles. The Balaban J connectivity index is 1.34. The number of rotatable bonds is 7. The highest BCUT2D eigenvalue weighted by Crippen LogP contribution is 2.25. The minimum absolute atomic E-state index is 0.0195. The molecule has 1 aliphatic rings. The van der Waals surface area contributed by atoms with Crippen molar-refractivity contribution in [1.29, 1.82) is 0 Å². The lowest BCUT2D eigenvalue weighted by atomic mass is 10.1. The van der Waals surface area contributed by atoms with Gasteiger partial charge in [0.15, 0.2) is 11.5 Å². The monoisotopic (exact) mass is 482 g/mol. The Morgan fingerprint density at radius 2 is 1.62 bits per heavy atom. The van der Waals surface area contributed by atoms with E-state index in [4.69, 9.17) is 9.15 Å². The van der Waals surface area contributed by atoms with Crippen LogP contribution >= 0.6 is 0 Å². The highest BCUT2D eigenvalue weighted by molar-refractivity contribution is 7.89. The molecule has 9 heteroatoms. The van der Waals surface area contributed by atoms with Crippen molar-refractivity contribution in [2.24, 2.45) is 0 Å². The maximum Gasteiger partial charge on any atom is 0.287 e. The van der Waals surface area contributed by atoms with Crippen molar-refractivity contribution >= 4 is 21.7 Å². The second kappa shape index (κ2) is 9.82. The highest BCUT2D eigenvalue weighted by Gasteiger charge is 2.30. The van der Waals surface area contributed by atoms with Crippen LogP contribution in [0.1, 0.15) is 40.7 Å². The van der Waals surface area contributed by atoms with E-state index in [2.05, 4.69) is 5.32 Å². The van der Waals surface area contributed by atoms with Crippen LogP contribution in [-0.4, -0.2) is 50.7 Å². The van der Waals surface area contributed by atoms with E-state index in [1.807, 2.05) is 0 Å². The third-order valence-electron chi connectivity index (χ3n) is 5.89. The van der Waals surface area contributed by atoms with E-state index in [0.717, 1.165) is 5.56 Å². The minimum Gasteiger partial charge on any atom is -0.497 e. The van der Waals surface area contributed by atoms with E-state index in [1.165, 1.54) is 30.5 Å². The SMILES string of the molecule is COc1ccc(S(=O)(=O)N2CCC(NC(=O)c3ccc(-c4ccc(C(C)=O)cc4)o3)CC2)cc1. The first kappa shape index (κ1) is 23.7. The van der Waals surface area contributed by atoms with Crippen molar-refractivity contribution in [2.75, 3.05) is 20.2 Å². The van der Waals surface area contributed by atoms with Gasteiger partial charge in [0.2, 0.25) is 10.0 Å². The zero-order valence-electron chi connectivity index (χ0n) is 19.0. The number of piperidine rings is 1. The van der Waals surface area contributed by atoms with E-state index < -0.39 is 10.0 Å². The predicted octanol–water partition coefficient (Wildman–Crippen LogP) is 3.74. The standard InChI is InChI=1S/C25H26N2O6S/c1-17(28)18-3-5-19(6-4-18)23-11-12-24(33-23)25(29)26-20-13-15-27(16-14-20)34(30,31)22-9-7-21(32-2)8-10-22/h3-12,20H,13-16H2,1-2H3,(H,26,29). The highest BCUT2D eigenvalue weighted by atomic mass is 32.2. The van der Waals surface area contributed by atoms with Crippen LogP contribution in [0.25, 0.3) is 11.3 Å². The van der Waals surface area contributed by atoms with Crippen molar-refractivity contribution in [3.8, 4) is 17.1 Å². The summed E-state index contributed by atoms with van der Waals surface area (Å²) in [6.07, 6.45) is 1.00. The van der Waals surface area contributed by atoms with Gasteiger partial charge in [-0.15, -0.1) is 0 Å². The van der Waals surface area contributed by atoms with Crippen LogP contribution in [0, 0.1) is 0 Å². The molecule has 0 unspecified atom stereocenters. The normalized spacial score (nSPS) is 15.1. The quantitative estimate of drug-likeness (QED) is 0.514. The number of hydrogen-bond donors (Lipinski definition) is 1. The summed E-state index contributed by atoms with van der Waals surface area (Å²) in [6.45, 7) is 2.12. The van der Waals surface area contributed by atoms with Crippen LogP contribution < -0.4 is 10.1 Å². The molecule has 3 aromatic rings. The lowest BCUT2D eigenvalue weighted by Gasteiger charge is -2.31. The van der Waals surface area contributed by atoms with Gasteiger partial charge in [-0.3, -0.25) is 9.59 Å². The molecule has 1 fully saturated rings. The van der Waals surface area contributed by atoms with Crippen LogP contribution in [-0.2, 0) is 10.0 Å². The van der Waals surface area contributed by atoms with Gasteiger partial charge in [0.05, 0.1) is 12.0 Å². The average Bonchev–Trinajstić information content (AvgIpc) is 3.35. The topological polar surface area (TPSA) is 106 Å².